The maximum absolute atomic E-state index is 12.6. The molecule has 3 rings (SSSR count). The molecule has 26 heavy (non-hydrogen) atoms. The lowest BCUT2D eigenvalue weighted by Gasteiger charge is -2.14. The van der Waals surface area contributed by atoms with E-state index in [4.69, 9.17) is 0 Å². The highest BCUT2D eigenvalue weighted by atomic mass is 16.2. The molecular formula is C21H27N3O2. The number of aromatic nitrogens is 1. The van der Waals surface area contributed by atoms with E-state index in [2.05, 4.69) is 41.3 Å². The third-order valence-corrected chi connectivity index (χ3v) is 5.10. The van der Waals surface area contributed by atoms with Crippen LogP contribution in [0.2, 0.25) is 0 Å². The predicted octanol–water partition coefficient (Wildman–Crippen LogP) is 3.22. The second kappa shape index (κ2) is 7.87. The number of carbonyl (C=O) groups is 2. The average molecular weight is 353 g/mol. The second-order valence-electron chi connectivity index (χ2n) is 7.09. The lowest BCUT2D eigenvalue weighted by atomic mass is 9.94. The highest BCUT2D eigenvalue weighted by Crippen LogP contribution is 2.26. The van der Waals surface area contributed by atoms with E-state index in [1.54, 1.807) is 0 Å². The fourth-order valence-corrected chi connectivity index (χ4v) is 3.53. The van der Waals surface area contributed by atoms with E-state index < -0.39 is 0 Å². The molecule has 138 valence electrons. The van der Waals surface area contributed by atoms with Crippen molar-refractivity contribution in [2.75, 3.05) is 13.6 Å². The van der Waals surface area contributed by atoms with Crippen LogP contribution >= 0.6 is 0 Å². The van der Waals surface area contributed by atoms with Crippen molar-refractivity contribution in [3.8, 4) is 0 Å². The molecule has 1 aliphatic rings. The van der Waals surface area contributed by atoms with Crippen molar-refractivity contribution in [2.24, 2.45) is 0 Å². The summed E-state index contributed by atoms with van der Waals surface area (Å²) in [7, 11) is 2.09. The molecule has 1 heterocycles. The smallest absolute Gasteiger partial charge is 0.268 e. The molecule has 1 amide bonds. The normalized spacial score (nSPS) is 13.8. The fraction of sp³-hybridized carbons (Fsp3) is 0.429. The predicted molar refractivity (Wildman–Crippen MR) is 102 cm³/mol. The fourth-order valence-electron chi connectivity index (χ4n) is 3.53. The minimum absolute atomic E-state index is 0.145. The molecule has 0 radical (unpaired) electrons. The Morgan fingerprint density at radius 2 is 2.04 bits per heavy atom. The molecular weight excluding hydrogens is 326 g/mol. The van der Waals surface area contributed by atoms with Gasteiger partial charge in [-0.15, -0.1) is 0 Å². The Bertz CT molecular complexity index is 823. The van der Waals surface area contributed by atoms with Gasteiger partial charge in [0.25, 0.3) is 5.91 Å². The Hall–Kier alpha value is -2.40. The van der Waals surface area contributed by atoms with Crippen LogP contribution in [0.3, 0.4) is 0 Å². The van der Waals surface area contributed by atoms with Gasteiger partial charge in [0.15, 0.2) is 5.78 Å². The average Bonchev–Trinajstić information content (AvgIpc) is 2.98. The molecule has 5 heteroatoms. The first-order valence-electron chi connectivity index (χ1n) is 9.28. The molecule has 0 spiro atoms. The number of H-pyrrole nitrogens is 1. The molecule has 5 nitrogen and oxygen atoms in total. The van der Waals surface area contributed by atoms with Crippen LogP contribution in [0.1, 0.15) is 63.0 Å². The van der Waals surface area contributed by atoms with Crippen LogP contribution in [-0.2, 0) is 19.5 Å². The van der Waals surface area contributed by atoms with E-state index in [0.29, 0.717) is 18.7 Å². The first kappa shape index (κ1) is 18.4. The molecule has 1 aliphatic carbocycles. The number of hydrogen-bond acceptors (Lipinski definition) is 3. The second-order valence-corrected chi connectivity index (χ2v) is 7.09. The van der Waals surface area contributed by atoms with Crippen molar-refractivity contribution >= 4 is 11.7 Å². The minimum atomic E-state index is -0.152. The van der Waals surface area contributed by atoms with Crippen molar-refractivity contribution < 1.29 is 9.59 Å². The van der Waals surface area contributed by atoms with Crippen LogP contribution in [-0.4, -0.2) is 35.2 Å². The monoisotopic (exact) mass is 353 g/mol. The zero-order valence-corrected chi connectivity index (χ0v) is 15.8. The Kier molecular flexibility index (Phi) is 5.57. The van der Waals surface area contributed by atoms with Gasteiger partial charge in [-0.3, -0.25) is 9.59 Å². The van der Waals surface area contributed by atoms with Crippen molar-refractivity contribution in [3.05, 3.63) is 57.9 Å². The molecule has 2 N–H and O–H groups in total. The number of rotatable bonds is 6. The summed E-state index contributed by atoms with van der Waals surface area (Å²) in [5.74, 6) is -0.00688. The van der Waals surface area contributed by atoms with Crippen LogP contribution in [0.5, 0.6) is 0 Å². The molecule has 1 aromatic heterocycles. The first-order chi connectivity index (χ1) is 12.5. The molecule has 0 atom stereocenters. The number of ketones is 1. The van der Waals surface area contributed by atoms with E-state index >= 15 is 0 Å². The molecule has 0 aliphatic heterocycles. The zero-order chi connectivity index (χ0) is 18.7. The maximum Gasteiger partial charge on any atom is 0.268 e. The summed E-state index contributed by atoms with van der Waals surface area (Å²) in [5, 5.41) is 2.98. The molecule has 0 saturated carbocycles. The Morgan fingerprint density at radius 3 is 2.77 bits per heavy atom. The quantitative estimate of drug-likeness (QED) is 0.838. The van der Waals surface area contributed by atoms with Gasteiger partial charge in [0.1, 0.15) is 5.69 Å². The van der Waals surface area contributed by atoms with E-state index in [0.717, 1.165) is 48.3 Å². The summed E-state index contributed by atoms with van der Waals surface area (Å²) >= 11 is 0. The number of Topliss-reactive ketones (excluding diaryl/α,β-unsaturated/α-hetero) is 1. The van der Waals surface area contributed by atoms with Gasteiger partial charge in [0.2, 0.25) is 0 Å². The zero-order valence-electron chi connectivity index (χ0n) is 15.8. The number of benzene rings is 1. The topological polar surface area (TPSA) is 65.2 Å². The number of amides is 1. The minimum Gasteiger partial charge on any atom is -0.354 e. The lowest BCUT2D eigenvalue weighted by molar-refractivity contribution is 0.0945. The van der Waals surface area contributed by atoms with Gasteiger partial charge in [-0.2, -0.15) is 0 Å². The third kappa shape index (κ3) is 3.88. The number of nitrogens with zero attached hydrogens (tertiary/aromatic N) is 1. The number of hydrogen-bond donors (Lipinski definition) is 2. The number of aryl methyl sites for hydroxylation is 1. The number of carbonyl (C=O) groups excluding carboxylic acids is 2. The van der Waals surface area contributed by atoms with Gasteiger partial charge in [-0.1, -0.05) is 31.2 Å². The third-order valence-electron chi connectivity index (χ3n) is 5.10. The Morgan fingerprint density at radius 1 is 1.27 bits per heavy atom. The molecule has 0 bridgehead atoms. The standard InChI is InChI=1S/C21H27N3O2/c1-4-24(3)13-16-8-5-7-15(11-16)12-22-21(26)20-14(2)19-17(23-20)9-6-10-18(19)25/h5,7-8,11,23H,4,6,9-10,12-13H2,1-3H3,(H,22,26). The molecule has 0 fully saturated rings. The van der Waals surface area contributed by atoms with Crippen molar-refractivity contribution in [2.45, 2.75) is 46.2 Å². The molecule has 0 saturated heterocycles. The summed E-state index contributed by atoms with van der Waals surface area (Å²) in [5.41, 5.74) is 5.25. The van der Waals surface area contributed by atoms with Gasteiger partial charge >= 0.3 is 0 Å². The summed E-state index contributed by atoms with van der Waals surface area (Å²) in [6.07, 6.45) is 2.26. The van der Waals surface area contributed by atoms with Crippen molar-refractivity contribution in [1.82, 2.24) is 15.2 Å². The highest BCUT2D eigenvalue weighted by molar-refractivity contribution is 6.04. The summed E-state index contributed by atoms with van der Waals surface area (Å²) in [6.45, 7) is 6.35. The largest absolute Gasteiger partial charge is 0.354 e. The van der Waals surface area contributed by atoms with Gasteiger partial charge in [-0.05, 0) is 50.0 Å². The van der Waals surface area contributed by atoms with Crippen molar-refractivity contribution in [3.63, 3.8) is 0 Å². The summed E-state index contributed by atoms with van der Waals surface area (Å²) < 4.78 is 0. The molecule has 1 aromatic carbocycles. The van der Waals surface area contributed by atoms with Crippen LogP contribution in [0.25, 0.3) is 0 Å². The molecule has 0 unspecified atom stereocenters. The summed E-state index contributed by atoms with van der Waals surface area (Å²) in [6, 6.07) is 8.28. The number of fused-ring (bicyclic) bond motifs is 1. The Labute approximate surface area is 154 Å². The van der Waals surface area contributed by atoms with Gasteiger partial charge < -0.3 is 15.2 Å². The van der Waals surface area contributed by atoms with E-state index in [9.17, 15) is 9.59 Å². The molecule has 2 aromatic rings. The van der Waals surface area contributed by atoms with Crippen LogP contribution < -0.4 is 5.32 Å². The van der Waals surface area contributed by atoms with Crippen LogP contribution in [0.4, 0.5) is 0 Å². The van der Waals surface area contributed by atoms with E-state index in [1.807, 2.05) is 19.1 Å². The summed E-state index contributed by atoms with van der Waals surface area (Å²) in [4.78, 5) is 30.1. The van der Waals surface area contributed by atoms with Gasteiger partial charge in [-0.25, -0.2) is 0 Å². The first-order valence-corrected chi connectivity index (χ1v) is 9.28. The number of aromatic amines is 1. The Balaban J connectivity index is 1.68. The highest BCUT2D eigenvalue weighted by Gasteiger charge is 2.26. The van der Waals surface area contributed by atoms with Gasteiger partial charge in [0, 0.05) is 30.8 Å². The lowest BCUT2D eigenvalue weighted by Crippen LogP contribution is -2.24. The van der Waals surface area contributed by atoms with Crippen LogP contribution in [0, 0.1) is 6.92 Å². The maximum atomic E-state index is 12.6. The van der Waals surface area contributed by atoms with Crippen molar-refractivity contribution in [1.29, 1.82) is 0 Å². The van der Waals surface area contributed by atoms with E-state index in [-0.39, 0.29) is 11.7 Å². The SMILES string of the molecule is CCN(C)Cc1cccc(CNC(=O)c2[nH]c3c(c2C)C(=O)CCC3)c1. The van der Waals surface area contributed by atoms with Gasteiger partial charge in [0.05, 0.1) is 0 Å². The van der Waals surface area contributed by atoms with Crippen LogP contribution in [0.15, 0.2) is 24.3 Å². The van der Waals surface area contributed by atoms with E-state index in [1.165, 1.54) is 5.56 Å². The number of nitrogens with one attached hydrogen (secondary N) is 2.